The molecule has 1 aromatic carbocycles. The fourth-order valence-corrected chi connectivity index (χ4v) is 2.23. The van der Waals surface area contributed by atoms with Crippen LogP contribution in [0.2, 0.25) is 0 Å². The average molecular weight is 249 g/mol. The van der Waals surface area contributed by atoms with Gasteiger partial charge in [0.05, 0.1) is 12.5 Å². The number of hydrogen-bond acceptors (Lipinski definition) is 3. The molecule has 0 saturated carbocycles. The first-order chi connectivity index (χ1) is 8.75. The summed E-state index contributed by atoms with van der Waals surface area (Å²) in [6.07, 6.45) is 1.70. The normalized spacial score (nSPS) is 19.9. The Morgan fingerprint density at radius 3 is 2.83 bits per heavy atom. The van der Waals surface area contributed by atoms with Crippen molar-refractivity contribution in [3.63, 3.8) is 0 Å². The summed E-state index contributed by atoms with van der Waals surface area (Å²) in [5.74, 6) is 0.0420. The van der Waals surface area contributed by atoms with Gasteiger partial charge in [-0.3, -0.25) is 4.79 Å². The molecular weight excluding hydrogens is 230 g/mol. The second-order valence-corrected chi connectivity index (χ2v) is 4.64. The SMILES string of the molecule is O=C(O)C1CCN(CCCOc2ccccc2)C1. The van der Waals surface area contributed by atoms with Gasteiger partial charge in [-0.15, -0.1) is 0 Å². The lowest BCUT2D eigenvalue weighted by molar-refractivity contribution is -0.141. The summed E-state index contributed by atoms with van der Waals surface area (Å²) in [4.78, 5) is 13.0. The Morgan fingerprint density at radius 2 is 2.17 bits per heavy atom. The number of carbonyl (C=O) groups is 1. The zero-order valence-corrected chi connectivity index (χ0v) is 10.4. The predicted molar refractivity (Wildman–Crippen MR) is 68.7 cm³/mol. The Morgan fingerprint density at radius 1 is 1.39 bits per heavy atom. The molecule has 1 N–H and O–H groups in total. The van der Waals surface area contributed by atoms with Gasteiger partial charge in [-0.05, 0) is 31.5 Å². The van der Waals surface area contributed by atoms with Crippen molar-refractivity contribution >= 4 is 5.97 Å². The molecule has 1 aliphatic heterocycles. The Kier molecular flexibility index (Phi) is 4.59. The van der Waals surface area contributed by atoms with E-state index in [9.17, 15) is 4.79 Å². The van der Waals surface area contributed by atoms with Crippen molar-refractivity contribution < 1.29 is 14.6 Å². The van der Waals surface area contributed by atoms with Gasteiger partial charge in [0, 0.05) is 13.1 Å². The topological polar surface area (TPSA) is 49.8 Å². The quantitative estimate of drug-likeness (QED) is 0.782. The van der Waals surface area contributed by atoms with E-state index >= 15 is 0 Å². The van der Waals surface area contributed by atoms with Crippen molar-refractivity contribution in [3.8, 4) is 5.75 Å². The van der Waals surface area contributed by atoms with Gasteiger partial charge >= 0.3 is 5.97 Å². The van der Waals surface area contributed by atoms with Crippen LogP contribution in [0.4, 0.5) is 0 Å². The van der Waals surface area contributed by atoms with Gasteiger partial charge in [-0.2, -0.15) is 0 Å². The highest BCUT2D eigenvalue weighted by Crippen LogP contribution is 2.16. The van der Waals surface area contributed by atoms with E-state index in [4.69, 9.17) is 9.84 Å². The standard InChI is InChI=1S/C14H19NO3/c16-14(17)12-7-9-15(11-12)8-4-10-18-13-5-2-1-3-6-13/h1-3,5-6,12H,4,7-11H2,(H,16,17). The number of ether oxygens (including phenoxy) is 1. The van der Waals surface area contributed by atoms with Crippen LogP contribution in [0.1, 0.15) is 12.8 Å². The third-order valence-electron chi connectivity index (χ3n) is 3.25. The summed E-state index contributed by atoms with van der Waals surface area (Å²) >= 11 is 0. The Labute approximate surface area is 107 Å². The van der Waals surface area contributed by atoms with Crippen molar-refractivity contribution in [1.29, 1.82) is 0 Å². The molecular formula is C14H19NO3. The molecule has 4 nitrogen and oxygen atoms in total. The van der Waals surface area contributed by atoms with Gasteiger partial charge in [0.25, 0.3) is 0 Å². The summed E-state index contributed by atoms with van der Waals surface area (Å²) in [7, 11) is 0. The number of carboxylic acids is 1. The number of rotatable bonds is 6. The third kappa shape index (κ3) is 3.74. The molecule has 1 saturated heterocycles. The summed E-state index contributed by atoms with van der Waals surface area (Å²) in [5, 5.41) is 8.90. The second kappa shape index (κ2) is 6.40. The number of carboxylic acid groups (broad SMARTS) is 1. The van der Waals surface area contributed by atoms with Crippen LogP contribution in [0.3, 0.4) is 0 Å². The molecule has 0 aliphatic carbocycles. The van der Waals surface area contributed by atoms with Gasteiger partial charge in [0.15, 0.2) is 0 Å². The van der Waals surface area contributed by atoms with Gasteiger partial charge < -0.3 is 14.7 Å². The molecule has 98 valence electrons. The van der Waals surface area contributed by atoms with E-state index in [1.807, 2.05) is 30.3 Å². The molecule has 1 unspecified atom stereocenters. The molecule has 1 heterocycles. The lowest BCUT2D eigenvalue weighted by Gasteiger charge is -2.15. The van der Waals surface area contributed by atoms with Crippen LogP contribution < -0.4 is 4.74 Å². The van der Waals surface area contributed by atoms with E-state index in [-0.39, 0.29) is 5.92 Å². The molecule has 0 spiro atoms. The van der Waals surface area contributed by atoms with Crippen molar-refractivity contribution in [1.82, 2.24) is 4.90 Å². The van der Waals surface area contributed by atoms with E-state index in [1.54, 1.807) is 0 Å². The molecule has 0 radical (unpaired) electrons. The van der Waals surface area contributed by atoms with Gasteiger partial charge in [0.2, 0.25) is 0 Å². The number of para-hydroxylation sites is 1. The van der Waals surface area contributed by atoms with E-state index < -0.39 is 5.97 Å². The molecule has 18 heavy (non-hydrogen) atoms. The zero-order chi connectivity index (χ0) is 12.8. The smallest absolute Gasteiger partial charge is 0.307 e. The molecule has 1 aliphatic rings. The fourth-order valence-electron chi connectivity index (χ4n) is 2.23. The average Bonchev–Trinajstić information content (AvgIpc) is 2.85. The summed E-state index contributed by atoms with van der Waals surface area (Å²) in [6.45, 7) is 3.16. The maximum atomic E-state index is 10.8. The first-order valence-corrected chi connectivity index (χ1v) is 6.39. The number of benzene rings is 1. The van der Waals surface area contributed by atoms with Crippen LogP contribution in [0.25, 0.3) is 0 Å². The highest BCUT2D eigenvalue weighted by molar-refractivity contribution is 5.70. The van der Waals surface area contributed by atoms with E-state index in [1.165, 1.54) is 0 Å². The molecule has 2 rings (SSSR count). The van der Waals surface area contributed by atoms with Crippen LogP contribution >= 0.6 is 0 Å². The highest BCUT2D eigenvalue weighted by atomic mass is 16.5. The predicted octanol–water partition coefficient (Wildman–Crippen LogP) is 1.86. The van der Waals surface area contributed by atoms with Crippen molar-refractivity contribution in [3.05, 3.63) is 30.3 Å². The first-order valence-electron chi connectivity index (χ1n) is 6.39. The monoisotopic (exact) mass is 249 g/mol. The number of nitrogens with zero attached hydrogens (tertiary/aromatic N) is 1. The Balaban J connectivity index is 1.61. The van der Waals surface area contributed by atoms with Crippen molar-refractivity contribution in [2.24, 2.45) is 5.92 Å². The Hall–Kier alpha value is -1.55. The molecule has 0 bridgehead atoms. The number of aliphatic carboxylic acids is 1. The molecule has 0 aromatic heterocycles. The minimum absolute atomic E-state index is 0.181. The van der Waals surface area contributed by atoms with Crippen LogP contribution in [0.5, 0.6) is 5.75 Å². The summed E-state index contributed by atoms with van der Waals surface area (Å²) < 4.78 is 5.60. The number of hydrogen-bond donors (Lipinski definition) is 1. The minimum Gasteiger partial charge on any atom is -0.494 e. The van der Waals surface area contributed by atoms with Gasteiger partial charge in [0.1, 0.15) is 5.75 Å². The fraction of sp³-hybridized carbons (Fsp3) is 0.500. The van der Waals surface area contributed by atoms with Gasteiger partial charge in [-0.25, -0.2) is 0 Å². The maximum Gasteiger partial charge on any atom is 0.307 e. The van der Waals surface area contributed by atoms with Crippen molar-refractivity contribution in [2.75, 3.05) is 26.2 Å². The molecule has 1 atom stereocenters. The largest absolute Gasteiger partial charge is 0.494 e. The van der Waals surface area contributed by atoms with E-state index in [0.717, 1.165) is 31.7 Å². The zero-order valence-electron chi connectivity index (χ0n) is 10.4. The summed E-state index contributed by atoms with van der Waals surface area (Å²) in [6, 6.07) is 9.75. The third-order valence-corrected chi connectivity index (χ3v) is 3.25. The second-order valence-electron chi connectivity index (χ2n) is 4.64. The summed E-state index contributed by atoms with van der Waals surface area (Å²) in [5.41, 5.74) is 0. The van der Waals surface area contributed by atoms with Crippen molar-refractivity contribution in [2.45, 2.75) is 12.8 Å². The first kappa shape index (κ1) is 12.9. The molecule has 0 amide bonds. The van der Waals surface area contributed by atoms with Crippen LogP contribution in [-0.4, -0.2) is 42.2 Å². The van der Waals surface area contributed by atoms with E-state index in [0.29, 0.717) is 13.2 Å². The highest BCUT2D eigenvalue weighted by Gasteiger charge is 2.27. The van der Waals surface area contributed by atoms with Crippen LogP contribution in [-0.2, 0) is 4.79 Å². The number of likely N-dealkylation sites (tertiary alicyclic amines) is 1. The van der Waals surface area contributed by atoms with E-state index in [2.05, 4.69) is 4.90 Å². The maximum absolute atomic E-state index is 10.8. The Bertz CT molecular complexity index is 380. The van der Waals surface area contributed by atoms with Gasteiger partial charge in [-0.1, -0.05) is 18.2 Å². The lowest BCUT2D eigenvalue weighted by Crippen LogP contribution is -2.25. The van der Waals surface area contributed by atoms with Crippen LogP contribution in [0.15, 0.2) is 30.3 Å². The molecule has 4 heteroatoms. The molecule has 1 aromatic rings. The minimum atomic E-state index is -0.668. The lowest BCUT2D eigenvalue weighted by atomic mass is 10.1. The van der Waals surface area contributed by atoms with Crippen LogP contribution in [0, 0.1) is 5.92 Å². The molecule has 1 fully saturated rings.